The maximum Gasteiger partial charge on any atom is 0.435 e. The second kappa shape index (κ2) is 8.95. The van der Waals surface area contributed by atoms with Gasteiger partial charge in [-0.2, -0.15) is 18.3 Å². The molecular formula is C22H19ClF3N3O4S. The predicted molar refractivity (Wildman–Crippen MR) is 118 cm³/mol. The Morgan fingerprint density at radius 3 is 2.41 bits per heavy atom. The Hall–Kier alpha value is -3.05. The van der Waals surface area contributed by atoms with Crippen molar-refractivity contribution < 1.29 is 31.1 Å². The molecule has 12 heteroatoms. The van der Waals surface area contributed by atoms with E-state index in [2.05, 4.69) is 10.4 Å². The van der Waals surface area contributed by atoms with Gasteiger partial charge >= 0.3 is 6.18 Å². The zero-order chi connectivity index (χ0) is 24.7. The van der Waals surface area contributed by atoms with E-state index in [-0.39, 0.29) is 27.1 Å². The molecule has 1 aromatic heterocycles. The molecule has 7 nitrogen and oxygen atoms in total. The summed E-state index contributed by atoms with van der Waals surface area (Å²) >= 11 is 5.83. The lowest BCUT2D eigenvalue weighted by Gasteiger charge is -2.12. The highest BCUT2D eigenvalue weighted by Gasteiger charge is 2.38. The molecule has 1 N–H and O–H groups in total. The van der Waals surface area contributed by atoms with Gasteiger partial charge < -0.3 is 10.1 Å². The first kappa shape index (κ1) is 24.1. The number of aromatic nitrogens is 2. The number of anilines is 1. The molecule has 3 aromatic rings. The van der Waals surface area contributed by atoms with Gasteiger partial charge in [-0.05, 0) is 55.3 Å². The van der Waals surface area contributed by atoms with Gasteiger partial charge in [0.1, 0.15) is 12.3 Å². The van der Waals surface area contributed by atoms with Gasteiger partial charge in [-0.25, -0.2) is 8.42 Å². The number of nitrogens with one attached hydrogen (secondary N) is 1. The lowest BCUT2D eigenvalue weighted by Crippen LogP contribution is -2.21. The van der Waals surface area contributed by atoms with Gasteiger partial charge in [0.2, 0.25) is 15.7 Å². The maximum absolute atomic E-state index is 13.1. The molecule has 1 heterocycles. The van der Waals surface area contributed by atoms with Crippen LogP contribution in [-0.4, -0.2) is 31.2 Å². The molecule has 34 heavy (non-hydrogen) atoms. The van der Waals surface area contributed by atoms with Crippen molar-refractivity contribution in [3.05, 3.63) is 64.9 Å². The number of sulfone groups is 1. The van der Waals surface area contributed by atoms with Crippen LogP contribution in [0.15, 0.2) is 58.3 Å². The van der Waals surface area contributed by atoms with Crippen LogP contribution >= 0.6 is 11.6 Å². The Bertz CT molecular complexity index is 1330. The molecule has 0 aliphatic heterocycles. The van der Waals surface area contributed by atoms with Crippen LogP contribution in [0.4, 0.5) is 18.9 Å². The number of carbonyl (C=O) groups excluding carboxylic acids is 1. The standard InChI is InChI=1S/C22H19ClF3N3O4S/c1-33-16-8-15(9-18(10-16)34(31,32)17-6-4-14(23)5-7-17)27-21(30)12-29-19(13-2-3-13)11-20(28-29)22(24,25)26/h4-11,13H,2-3,12H2,1H3,(H,27,30). The molecule has 0 bridgehead atoms. The molecule has 1 amide bonds. The van der Waals surface area contributed by atoms with Crippen LogP contribution in [0, 0.1) is 0 Å². The van der Waals surface area contributed by atoms with Crippen molar-refractivity contribution in [2.24, 2.45) is 0 Å². The number of alkyl halides is 3. The zero-order valence-corrected chi connectivity index (χ0v) is 19.3. The summed E-state index contributed by atoms with van der Waals surface area (Å²) in [6.07, 6.45) is -3.16. The van der Waals surface area contributed by atoms with Gasteiger partial charge in [0.25, 0.3) is 0 Å². The van der Waals surface area contributed by atoms with E-state index in [1.165, 1.54) is 49.6 Å². The van der Waals surface area contributed by atoms with Crippen LogP contribution < -0.4 is 10.1 Å². The minimum atomic E-state index is -4.62. The van der Waals surface area contributed by atoms with Crippen molar-refractivity contribution in [3.63, 3.8) is 0 Å². The van der Waals surface area contributed by atoms with Gasteiger partial charge in [-0.1, -0.05) is 11.6 Å². The van der Waals surface area contributed by atoms with Crippen LogP contribution in [0.1, 0.15) is 30.1 Å². The molecular weight excluding hydrogens is 495 g/mol. The van der Waals surface area contributed by atoms with Gasteiger partial charge in [0.05, 0.1) is 16.9 Å². The summed E-state index contributed by atoms with van der Waals surface area (Å²) in [6.45, 7) is -0.460. The molecule has 1 saturated carbocycles. The average Bonchev–Trinajstić information content (AvgIpc) is 3.52. The van der Waals surface area contributed by atoms with Crippen LogP contribution in [0.25, 0.3) is 0 Å². The summed E-state index contributed by atoms with van der Waals surface area (Å²) in [5.74, 6) is -0.561. The second-order valence-electron chi connectivity index (χ2n) is 7.79. The average molecular weight is 514 g/mol. The fourth-order valence-electron chi connectivity index (χ4n) is 3.41. The zero-order valence-electron chi connectivity index (χ0n) is 17.8. The number of benzene rings is 2. The molecule has 2 aromatic carbocycles. The normalized spacial score (nSPS) is 14.1. The number of nitrogens with zero attached hydrogens (tertiary/aromatic N) is 2. The summed E-state index contributed by atoms with van der Waals surface area (Å²) in [6, 6.07) is 10.5. The van der Waals surface area contributed by atoms with Crippen molar-refractivity contribution in [3.8, 4) is 5.75 Å². The van der Waals surface area contributed by atoms with Crippen molar-refractivity contribution in [2.45, 2.75) is 41.3 Å². The third-order valence-electron chi connectivity index (χ3n) is 5.22. The lowest BCUT2D eigenvalue weighted by atomic mass is 10.2. The SMILES string of the molecule is COc1cc(NC(=O)Cn2nc(C(F)(F)F)cc2C2CC2)cc(S(=O)(=O)c2ccc(Cl)cc2)c1. The maximum atomic E-state index is 13.1. The molecule has 0 unspecified atom stereocenters. The Labute approximate surface area is 198 Å². The number of carbonyl (C=O) groups is 1. The summed E-state index contributed by atoms with van der Waals surface area (Å²) in [4.78, 5) is 12.5. The minimum absolute atomic E-state index is 0.00674. The quantitative estimate of drug-likeness (QED) is 0.484. The van der Waals surface area contributed by atoms with Gasteiger partial charge in [0, 0.05) is 28.4 Å². The number of ether oxygens (including phenoxy) is 1. The minimum Gasteiger partial charge on any atom is -0.497 e. The van der Waals surface area contributed by atoms with Crippen LogP contribution in [0.3, 0.4) is 0 Å². The highest BCUT2D eigenvalue weighted by atomic mass is 35.5. The topological polar surface area (TPSA) is 90.3 Å². The summed E-state index contributed by atoms with van der Waals surface area (Å²) in [5.41, 5.74) is -0.605. The number of hydrogen-bond donors (Lipinski definition) is 1. The van der Waals surface area contributed by atoms with Crippen molar-refractivity contribution in [2.75, 3.05) is 12.4 Å². The highest BCUT2D eigenvalue weighted by molar-refractivity contribution is 7.91. The predicted octanol–water partition coefficient (Wildman–Crippen LogP) is 4.91. The third kappa shape index (κ3) is 5.20. The number of halogens is 4. The molecule has 1 fully saturated rings. The van der Waals surface area contributed by atoms with Crippen LogP contribution in [0.5, 0.6) is 5.75 Å². The summed E-state index contributed by atoms with van der Waals surface area (Å²) < 4.78 is 71.6. The van der Waals surface area contributed by atoms with E-state index in [0.29, 0.717) is 10.7 Å². The highest BCUT2D eigenvalue weighted by Crippen LogP contribution is 2.42. The van der Waals surface area contributed by atoms with Crippen molar-refractivity contribution in [1.82, 2.24) is 9.78 Å². The van der Waals surface area contributed by atoms with Crippen LogP contribution in [0.2, 0.25) is 5.02 Å². The van der Waals surface area contributed by atoms with E-state index in [0.717, 1.165) is 23.6 Å². The van der Waals surface area contributed by atoms with E-state index in [1.54, 1.807) is 0 Å². The Morgan fingerprint density at radius 2 is 1.82 bits per heavy atom. The van der Waals surface area contributed by atoms with E-state index in [9.17, 15) is 26.4 Å². The van der Waals surface area contributed by atoms with Gasteiger partial charge in [-0.15, -0.1) is 0 Å². The number of rotatable bonds is 7. The van der Waals surface area contributed by atoms with Gasteiger partial charge in [0.15, 0.2) is 5.69 Å². The number of methoxy groups -OCH3 is 1. The molecule has 0 spiro atoms. The second-order valence-corrected chi connectivity index (χ2v) is 10.2. The number of amides is 1. The molecule has 1 aliphatic carbocycles. The molecule has 4 rings (SSSR count). The fraction of sp³-hybridized carbons (Fsp3) is 0.273. The van der Waals surface area contributed by atoms with E-state index >= 15 is 0 Å². The van der Waals surface area contributed by atoms with Crippen molar-refractivity contribution >= 4 is 33.0 Å². The largest absolute Gasteiger partial charge is 0.497 e. The molecule has 0 saturated heterocycles. The Morgan fingerprint density at radius 1 is 1.15 bits per heavy atom. The first-order chi connectivity index (χ1) is 16.0. The smallest absolute Gasteiger partial charge is 0.435 e. The molecule has 0 radical (unpaired) electrons. The number of hydrogen-bond acceptors (Lipinski definition) is 5. The van der Waals surface area contributed by atoms with E-state index in [4.69, 9.17) is 16.3 Å². The Kier molecular flexibility index (Phi) is 6.34. The molecule has 1 aliphatic rings. The molecule has 0 atom stereocenters. The monoisotopic (exact) mass is 513 g/mol. The van der Waals surface area contributed by atoms with E-state index in [1.807, 2.05) is 0 Å². The summed E-state index contributed by atoms with van der Waals surface area (Å²) in [5, 5.41) is 6.46. The van der Waals surface area contributed by atoms with Gasteiger partial charge in [-0.3, -0.25) is 9.48 Å². The summed E-state index contributed by atoms with van der Waals surface area (Å²) in [7, 11) is -2.62. The fourth-order valence-corrected chi connectivity index (χ4v) is 4.85. The first-order valence-electron chi connectivity index (χ1n) is 10.1. The van der Waals surface area contributed by atoms with Crippen molar-refractivity contribution in [1.29, 1.82) is 0 Å². The molecule has 180 valence electrons. The van der Waals surface area contributed by atoms with Crippen LogP contribution in [-0.2, 0) is 27.4 Å². The Balaban J connectivity index is 1.59. The third-order valence-corrected chi connectivity index (χ3v) is 7.23. The lowest BCUT2D eigenvalue weighted by molar-refractivity contribution is -0.141. The van der Waals surface area contributed by atoms with E-state index < -0.39 is 34.2 Å². The first-order valence-corrected chi connectivity index (χ1v) is 12.0.